The summed E-state index contributed by atoms with van der Waals surface area (Å²) in [6.45, 7) is 5.05. The van der Waals surface area contributed by atoms with E-state index in [2.05, 4.69) is 70.0 Å². The van der Waals surface area contributed by atoms with Crippen molar-refractivity contribution in [3.63, 3.8) is 0 Å². The molecule has 6 rings (SSSR count). The number of fused-ring (bicyclic) bond motifs is 1. The highest BCUT2D eigenvalue weighted by molar-refractivity contribution is 7.14. The molecule has 35 heavy (non-hydrogen) atoms. The van der Waals surface area contributed by atoms with Crippen LogP contribution in [-0.2, 0) is 4.79 Å². The van der Waals surface area contributed by atoms with Crippen LogP contribution in [0.15, 0.2) is 42.6 Å². The van der Waals surface area contributed by atoms with Gasteiger partial charge in [0.2, 0.25) is 5.91 Å². The van der Waals surface area contributed by atoms with Crippen molar-refractivity contribution in [3.8, 4) is 34.2 Å². The number of hydrogen-bond donors (Lipinski definition) is 2. The molecule has 1 aromatic carbocycles. The molecule has 2 fully saturated rings. The van der Waals surface area contributed by atoms with Crippen molar-refractivity contribution in [2.45, 2.75) is 45.1 Å². The lowest BCUT2D eigenvalue weighted by Gasteiger charge is -2.42. The summed E-state index contributed by atoms with van der Waals surface area (Å²) in [5.41, 5.74) is 5.98. The average molecular weight is 483 g/mol. The smallest absolute Gasteiger partial charge is 0.220 e. The molecule has 0 atom stereocenters. The first-order valence-corrected chi connectivity index (χ1v) is 12.7. The number of amides is 1. The molecule has 1 saturated carbocycles. The van der Waals surface area contributed by atoms with E-state index in [0.717, 1.165) is 63.0 Å². The Bertz CT molecular complexity index is 1490. The number of carbonyl (C=O) groups excluding carboxylic acids is 1. The molecule has 0 unspecified atom stereocenters. The zero-order chi connectivity index (χ0) is 24.2. The van der Waals surface area contributed by atoms with E-state index in [-0.39, 0.29) is 17.4 Å². The highest BCUT2D eigenvalue weighted by Gasteiger charge is 2.50. The molecule has 1 aliphatic heterocycles. The summed E-state index contributed by atoms with van der Waals surface area (Å²) >= 11 is 1.66. The molecule has 8 heteroatoms. The SMILES string of the molecule is C#Cc1cnn2c(-c3ccc(-c4nnc(C5CC6(CNC(=O)C6)C5)s4)c(NC(C)C)c3)ccc2c1. The zero-order valence-electron chi connectivity index (χ0n) is 19.7. The van der Waals surface area contributed by atoms with E-state index in [9.17, 15) is 4.79 Å². The van der Waals surface area contributed by atoms with Crippen molar-refractivity contribution in [1.82, 2.24) is 25.1 Å². The van der Waals surface area contributed by atoms with Gasteiger partial charge < -0.3 is 10.6 Å². The molecule has 176 valence electrons. The molecule has 2 N–H and O–H groups in total. The first-order valence-electron chi connectivity index (χ1n) is 11.9. The molecule has 7 nitrogen and oxygen atoms in total. The standard InChI is InChI=1S/C27H26N6OS/c1-4-17-9-20-6-8-23(33(20)29-14-17)18-5-7-21(22(10-18)30-16(2)3)26-32-31-25(35-26)19-11-27(12-19)13-24(34)28-15-27/h1,5-10,14,16,19,30H,11-13,15H2,2-3H3,(H,28,34). The second-order valence-corrected chi connectivity index (χ2v) is 11.0. The maximum absolute atomic E-state index is 11.7. The topological polar surface area (TPSA) is 84.2 Å². The number of nitrogens with zero attached hydrogens (tertiary/aromatic N) is 4. The van der Waals surface area contributed by atoms with Crippen LogP contribution < -0.4 is 10.6 Å². The van der Waals surface area contributed by atoms with Gasteiger partial charge in [0.05, 0.1) is 17.4 Å². The minimum Gasteiger partial charge on any atom is -0.382 e. The van der Waals surface area contributed by atoms with E-state index >= 15 is 0 Å². The van der Waals surface area contributed by atoms with Gasteiger partial charge in [0.15, 0.2) is 0 Å². The number of rotatable bonds is 5. The monoisotopic (exact) mass is 482 g/mol. The summed E-state index contributed by atoms with van der Waals surface area (Å²) < 4.78 is 1.91. The Balaban J connectivity index is 1.31. The Hall–Kier alpha value is -3.70. The highest BCUT2D eigenvalue weighted by Crippen LogP contribution is 2.55. The number of carbonyl (C=O) groups is 1. The minimum atomic E-state index is 0.134. The van der Waals surface area contributed by atoms with Gasteiger partial charge in [0.1, 0.15) is 10.0 Å². The quantitative estimate of drug-likeness (QED) is 0.403. The molecule has 1 saturated heterocycles. The van der Waals surface area contributed by atoms with Gasteiger partial charge in [-0.15, -0.1) is 16.6 Å². The number of benzene rings is 1. The van der Waals surface area contributed by atoms with Crippen LogP contribution in [0.4, 0.5) is 5.69 Å². The lowest BCUT2D eigenvalue weighted by Crippen LogP contribution is -2.37. The predicted molar refractivity (Wildman–Crippen MR) is 138 cm³/mol. The summed E-state index contributed by atoms with van der Waals surface area (Å²) in [5, 5.41) is 22.2. The summed E-state index contributed by atoms with van der Waals surface area (Å²) in [7, 11) is 0. The maximum atomic E-state index is 11.7. The fourth-order valence-electron chi connectivity index (χ4n) is 5.33. The van der Waals surface area contributed by atoms with Gasteiger partial charge in [-0.3, -0.25) is 4.79 Å². The lowest BCUT2D eigenvalue weighted by molar-refractivity contribution is -0.120. The van der Waals surface area contributed by atoms with Crippen LogP contribution in [0.25, 0.3) is 27.3 Å². The van der Waals surface area contributed by atoms with Gasteiger partial charge in [-0.1, -0.05) is 23.3 Å². The Morgan fingerprint density at radius 2 is 2.09 bits per heavy atom. The number of terminal acetylenes is 1. The van der Waals surface area contributed by atoms with Gasteiger partial charge in [-0.25, -0.2) is 4.52 Å². The normalized spacial score (nSPS) is 21.3. The van der Waals surface area contributed by atoms with Gasteiger partial charge in [-0.05, 0) is 62.4 Å². The molecule has 1 spiro atoms. The number of hydrogen-bond acceptors (Lipinski definition) is 6. The van der Waals surface area contributed by atoms with E-state index in [1.165, 1.54) is 0 Å². The number of anilines is 1. The average Bonchev–Trinajstić information content (AvgIpc) is 3.55. The second kappa shape index (κ2) is 8.21. The third kappa shape index (κ3) is 3.86. The molecular formula is C27H26N6OS. The van der Waals surface area contributed by atoms with Crippen LogP contribution in [-0.4, -0.2) is 38.3 Å². The van der Waals surface area contributed by atoms with Gasteiger partial charge in [0, 0.05) is 47.3 Å². The third-order valence-electron chi connectivity index (χ3n) is 7.00. The van der Waals surface area contributed by atoms with E-state index < -0.39 is 0 Å². The van der Waals surface area contributed by atoms with Crippen molar-refractivity contribution in [3.05, 3.63) is 53.2 Å². The van der Waals surface area contributed by atoms with E-state index in [0.29, 0.717) is 12.3 Å². The van der Waals surface area contributed by atoms with Crippen LogP contribution in [0.1, 0.15) is 49.6 Å². The molecule has 3 aromatic heterocycles. The predicted octanol–water partition coefficient (Wildman–Crippen LogP) is 4.71. The minimum absolute atomic E-state index is 0.134. The molecule has 0 bridgehead atoms. The van der Waals surface area contributed by atoms with Gasteiger partial charge in [0.25, 0.3) is 0 Å². The Kier molecular flexibility index (Phi) is 5.11. The Labute approximate surface area is 208 Å². The van der Waals surface area contributed by atoms with E-state index in [1.54, 1.807) is 17.5 Å². The summed E-state index contributed by atoms with van der Waals surface area (Å²) in [4.78, 5) is 11.7. The first kappa shape index (κ1) is 21.8. The second-order valence-electron chi connectivity index (χ2n) is 10.0. The van der Waals surface area contributed by atoms with Crippen LogP contribution in [0.3, 0.4) is 0 Å². The Morgan fingerprint density at radius 1 is 1.23 bits per heavy atom. The van der Waals surface area contributed by atoms with Gasteiger partial charge >= 0.3 is 0 Å². The fourth-order valence-corrected chi connectivity index (χ4v) is 6.31. The van der Waals surface area contributed by atoms with E-state index in [1.807, 2.05) is 16.6 Å². The van der Waals surface area contributed by atoms with Crippen LogP contribution in [0.2, 0.25) is 0 Å². The maximum Gasteiger partial charge on any atom is 0.220 e. The third-order valence-corrected chi connectivity index (χ3v) is 8.12. The molecule has 1 amide bonds. The zero-order valence-corrected chi connectivity index (χ0v) is 20.5. The number of aromatic nitrogens is 4. The molecule has 2 aliphatic rings. The summed E-state index contributed by atoms with van der Waals surface area (Å²) in [6.07, 6.45) is 9.90. The largest absolute Gasteiger partial charge is 0.382 e. The fraction of sp³-hybridized carbons (Fsp3) is 0.333. The van der Waals surface area contributed by atoms with Crippen molar-refractivity contribution in [2.24, 2.45) is 5.41 Å². The summed E-state index contributed by atoms with van der Waals surface area (Å²) in [5.74, 6) is 3.21. The lowest BCUT2D eigenvalue weighted by atomic mass is 9.62. The van der Waals surface area contributed by atoms with Gasteiger partial charge in [-0.2, -0.15) is 5.10 Å². The van der Waals surface area contributed by atoms with E-state index in [4.69, 9.17) is 6.42 Å². The van der Waals surface area contributed by atoms with Crippen molar-refractivity contribution >= 4 is 28.4 Å². The molecule has 1 aliphatic carbocycles. The van der Waals surface area contributed by atoms with Crippen molar-refractivity contribution in [1.29, 1.82) is 0 Å². The Morgan fingerprint density at radius 3 is 2.83 bits per heavy atom. The molecular weight excluding hydrogens is 456 g/mol. The van der Waals surface area contributed by atoms with Crippen LogP contribution in [0, 0.1) is 17.8 Å². The van der Waals surface area contributed by atoms with Crippen LogP contribution >= 0.6 is 11.3 Å². The number of nitrogens with one attached hydrogen (secondary N) is 2. The highest BCUT2D eigenvalue weighted by atomic mass is 32.1. The molecule has 0 radical (unpaired) electrons. The van der Waals surface area contributed by atoms with Crippen molar-refractivity contribution < 1.29 is 4.79 Å². The summed E-state index contributed by atoms with van der Waals surface area (Å²) in [6, 6.07) is 12.7. The van der Waals surface area contributed by atoms with Crippen LogP contribution in [0.5, 0.6) is 0 Å². The first-order chi connectivity index (χ1) is 16.9. The molecule has 4 heterocycles. The molecule has 4 aromatic rings. The van der Waals surface area contributed by atoms with Crippen molar-refractivity contribution in [2.75, 3.05) is 11.9 Å².